The molecule has 0 radical (unpaired) electrons. The second-order valence-corrected chi connectivity index (χ2v) is 7.78. The minimum absolute atomic E-state index is 0.0469. The van der Waals surface area contributed by atoms with Crippen LogP contribution in [0.4, 0.5) is 0 Å². The Labute approximate surface area is 126 Å². The van der Waals surface area contributed by atoms with Gasteiger partial charge in [0.25, 0.3) is 0 Å². The van der Waals surface area contributed by atoms with Gasteiger partial charge in [0.2, 0.25) is 0 Å². The summed E-state index contributed by atoms with van der Waals surface area (Å²) >= 11 is 11.7. The molecule has 0 aliphatic heterocycles. The summed E-state index contributed by atoms with van der Waals surface area (Å²) in [6.07, 6.45) is 1.12. The predicted molar refractivity (Wildman–Crippen MR) is 84.7 cm³/mol. The summed E-state index contributed by atoms with van der Waals surface area (Å²) in [7, 11) is 0. The Bertz CT molecular complexity index is 501. The summed E-state index contributed by atoms with van der Waals surface area (Å²) in [5.41, 5.74) is 2.54. The van der Waals surface area contributed by atoms with Crippen molar-refractivity contribution in [2.24, 2.45) is 5.92 Å². The van der Waals surface area contributed by atoms with Crippen molar-refractivity contribution in [3.8, 4) is 0 Å². The standard InChI is InChI=1S/C15H16BrClS/c1-10(2)9-11-3-5-12(6-4-11)15(17)13-7-8-14(16)18-13/h3-8,10,15H,9H2,1-2H3. The Balaban J connectivity index is 2.14. The number of hydrogen-bond donors (Lipinski definition) is 0. The molecular formula is C15H16BrClS. The topological polar surface area (TPSA) is 0 Å². The van der Waals surface area contributed by atoms with E-state index in [0.717, 1.165) is 10.2 Å². The van der Waals surface area contributed by atoms with Crippen LogP contribution in [0, 0.1) is 5.92 Å². The van der Waals surface area contributed by atoms with Gasteiger partial charge in [-0.15, -0.1) is 22.9 Å². The Kier molecular flexibility index (Phi) is 4.88. The molecule has 1 atom stereocenters. The number of hydrogen-bond acceptors (Lipinski definition) is 1. The monoisotopic (exact) mass is 342 g/mol. The molecule has 3 heteroatoms. The maximum atomic E-state index is 6.49. The Morgan fingerprint density at radius 3 is 2.28 bits per heavy atom. The molecular weight excluding hydrogens is 328 g/mol. The zero-order valence-corrected chi connectivity index (χ0v) is 13.6. The lowest BCUT2D eigenvalue weighted by Gasteiger charge is -2.10. The molecule has 1 aromatic heterocycles. The van der Waals surface area contributed by atoms with Gasteiger partial charge in [0, 0.05) is 4.88 Å². The van der Waals surface area contributed by atoms with Gasteiger partial charge >= 0.3 is 0 Å². The molecule has 0 bridgehead atoms. The molecule has 0 aliphatic carbocycles. The minimum atomic E-state index is -0.0469. The van der Waals surface area contributed by atoms with Crippen LogP contribution in [0.5, 0.6) is 0 Å². The number of benzene rings is 1. The van der Waals surface area contributed by atoms with Crippen molar-refractivity contribution in [2.45, 2.75) is 25.6 Å². The third-order valence-corrected chi connectivity index (χ3v) is 5.07. The number of rotatable bonds is 4. The molecule has 0 aliphatic rings. The van der Waals surface area contributed by atoms with Crippen LogP contribution < -0.4 is 0 Å². The molecule has 1 aromatic carbocycles. The summed E-state index contributed by atoms with van der Waals surface area (Å²) < 4.78 is 1.12. The van der Waals surface area contributed by atoms with E-state index in [1.54, 1.807) is 11.3 Å². The molecule has 1 unspecified atom stereocenters. The summed E-state index contributed by atoms with van der Waals surface area (Å²) in [5, 5.41) is -0.0469. The molecule has 96 valence electrons. The van der Waals surface area contributed by atoms with Gasteiger partial charge in [-0.25, -0.2) is 0 Å². The number of thiophene rings is 1. The molecule has 0 saturated carbocycles. The molecule has 18 heavy (non-hydrogen) atoms. The van der Waals surface area contributed by atoms with Crippen LogP contribution in [0.3, 0.4) is 0 Å². The van der Waals surface area contributed by atoms with Crippen molar-refractivity contribution >= 4 is 38.9 Å². The van der Waals surface area contributed by atoms with Crippen molar-refractivity contribution in [3.05, 3.63) is 56.2 Å². The van der Waals surface area contributed by atoms with Gasteiger partial charge in [0.05, 0.1) is 9.16 Å². The lowest BCUT2D eigenvalue weighted by molar-refractivity contribution is 0.647. The normalized spacial score (nSPS) is 12.9. The van der Waals surface area contributed by atoms with Gasteiger partial charge in [0.1, 0.15) is 0 Å². The van der Waals surface area contributed by atoms with E-state index in [2.05, 4.69) is 60.1 Å². The fourth-order valence-electron chi connectivity index (χ4n) is 1.92. The molecule has 0 fully saturated rings. The van der Waals surface area contributed by atoms with Crippen LogP contribution in [0.15, 0.2) is 40.2 Å². The van der Waals surface area contributed by atoms with Gasteiger partial charge < -0.3 is 0 Å². The van der Waals surface area contributed by atoms with E-state index in [1.165, 1.54) is 16.0 Å². The van der Waals surface area contributed by atoms with Gasteiger partial charge in [-0.2, -0.15) is 0 Å². The Morgan fingerprint density at radius 2 is 1.78 bits per heavy atom. The summed E-state index contributed by atoms with van der Waals surface area (Å²) in [4.78, 5) is 1.18. The summed E-state index contributed by atoms with van der Waals surface area (Å²) in [5.74, 6) is 0.691. The summed E-state index contributed by atoms with van der Waals surface area (Å²) in [6.45, 7) is 4.48. The largest absolute Gasteiger partial charge is 0.131 e. The van der Waals surface area contributed by atoms with E-state index in [1.807, 2.05) is 6.07 Å². The highest BCUT2D eigenvalue weighted by Crippen LogP contribution is 2.35. The van der Waals surface area contributed by atoms with Crippen molar-refractivity contribution in [3.63, 3.8) is 0 Å². The Hall–Kier alpha value is -0.310. The van der Waals surface area contributed by atoms with Gasteiger partial charge in [-0.3, -0.25) is 0 Å². The molecule has 2 rings (SSSR count). The van der Waals surface area contributed by atoms with Crippen molar-refractivity contribution in [1.29, 1.82) is 0 Å². The van der Waals surface area contributed by atoms with Gasteiger partial charge in [0.15, 0.2) is 0 Å². The quantitative estimate of drug-likeness (QED) is 0.594. The van der Waals surface area contributed by atoms with Crippen LogP contribution in [-0.4, -0.2) is 0 Å². The van der Waals surface area contributed by atoms with Crippen molar-refractivity contribution < 1.29 is 0 Å². The number of halogens is 2. The first-order valence-corrected chi connectivity index (χ1v) is 8.09. The predicted octanol–water partition coefficient (Wildman–Crippen LogP) is 6.04. The van der Waals surface area contributed by atoms with Gasteiger partial charge in [-0.1, -0.05) is 38.1 Å². The fraction of sp³-hybridized carbons (Fsp3) is 0.333. The van der Waals surface area contributed by atoms with E-state index in [-0.39, 0.29) is 5.38 Å². The highest BCUT2D eigenvalue weighted by Gasteiger charge is 2.12. The summed E-state index contributed by atoms with van der Waals surface area (Å²) in [6, 6.07) is 12.8. The molecule has 0 amide bonds. The van der Waals surface area contributed by atoms with E-state index >= 15 is 0 Å². The highest BCUT2D eigenvalue weighted by molar-refractivity contribution is 9.11. The zero-order chi connectivity index (χ0) is 13.1. The van der Waals surface area contributed by atoms with Crippen molar-refractivity contribution in [2.75, 3.05) is 0 Å². The number of alkyl halides is 1. The Morgan fingerprint density at radius 1 is 1.11 bits per heavy atom. The fourth-order valence-corrected chi connectivity index (χ4v) is 3.70. The van der Waals surface area contributed by atoms with Crippen LogP contribution in [0.1, 0.15) is 35.2 Å². The van der Waals surface area contributed by atoms with Crippen LogP contribution in [0.2, 0.25) is 0 Å². The van der Waals surface area contributed by atoms with Crippen LogP contribution in [-0.2, 0) is 6.42 Å². The van der Waals surface area contributed by atoms with Gasteiger partial charge in [-0.05, 0) is 51.5 Å². The molecule has 0 spiro atoms. The van der Waals surface area contributed by atoms with E-state index in [0.29, 0.717) is 5.92 Å². The van der Waals surface area contributed by atoms with Crippen molar-refractivity contribution in [1.82, 2.24) is 0 Å². The molecule has 2 aromatic rings. The second-order valence-electron chi connectivity index (χ2n) is 4.84. The van der Waals surface area contributed by atoms with E-state index < -0.39 is 0 Å². The third-order valence-electron chi connectivity index (χ3n) is 2.76. The smallest absolute Gasteiger partial charge is 0.0928 e. The first kappa shape index (κ1) is 14.1. The average Bonchev–Trinajstić information content (AvgIpc) is 2.75. The first-order chi connectivity index (χ1) is 8.56. The maximum absolute atomic E-state index is 6.49. The second kappa shape index (κ2) is 6.23. The van der Waals surface area contributed by atoms with E-state index in [4.69, 9.17) is 11.6 Å². The van der Waals surface area contributed by atoms with E-state index in [9.17, 15) is 0 Å². The SMILES string of the molecule is CC(C)Cc1ccc(C(Cl)c2ccc(Br)s2)cc1. The third kappa shape index (κ3) is 3.59. The van der Waals surface area contributed by atoms with Crippen LogP contribution in [0.25, 0.3) is 0 Å². The average molecular weight is 344 g/mol. The maximum Gasteiger partial charge on any atom is 0.0928 e. The first-order valence-electron chi connectivity index (χ1n) is 6.04. The molecule has 0 saturated heterocycles. The minimum Gasteiger partial charge on any atom is -0.131 e. The lowest BCUT2D eigenvalue weighted by atomic mass is 10.0. The molecule has 0 nitrogen and oxygen atoms in total. The molecule has 0 N–H and O–H groups in total. The van der Waals surface area contributed by atoms with Crippen LogP contribution >= 0.6 is 38.9 Å². The zero-order valence-electron chi connectivity index (χ0n) is 10.5. The molecule has 1 heterocycles. The lowest BCUT2D eigenvalue weighted by Crippen LogP contribution is -1.95. The highest BCUT2D eigenvalue weighted by atomic mass is 79.9.